The summed E-state index contributed by atoms with van der Waals surface area (Å²) in [6.07, 6.45) is 79.0. The number of esters is 3. The predicted octanol–water partition coefficient (Wildman–Crippen LogP) is 21.3. The summed E-state index contributed by atoms with van der Waals surface area (Å²) in [5, 5.41) is 0. The summed E-state index contributed by atoms with van der Waals surface area (Å²) in [6.45, 7) is 6.59. The summed E-state index contributed by atoms with van der Waals surface area (Å²) in [7, 11) is 0. The molecule has 0 aliphatic carbocycles. The molecule has 73 heavy (non-hydrogen) atoms. The minimum atomic E-state index is -0.801. The van der Waals surface area contributed by atoms with Gasteiger partial charge >= 0.3 is 17.9 Å². The number of hydrogen-bond donors (Lipinski definition) is 0. The van der Waals surface area contributed by atoms with Crippen LogP contribution in [0.15, 0.2) is 72.9 Å². The van der Waals surface area contributed by atoms with E-state index in [1.807, 2.05) is 0 Å². The van der Waals surface area contributed by atoms with E-state index < -0.39 is 6.10 Å². The fourth-order valence-corrected chi connectivity index (χ4v) is 8.90. The van der Waals surface area contributed by atoms with E-state index in [1.54, 1.807) is 0 Å². The fourth-order valence-electron chi connectivity index (χ4n) is 8.90. The largest absolute Gasteiger partial charge is 0.462 e. The zero-order valence-corrected chi connectivity index (χ0v) is 48.4. The SMILES string of the molecule is CCCCC/C=C\C/C=C\C/C=C\C/C=C\CCCC(=O)OC[C@H](COC(=O)CCCCCCCCCCCCC/C=C\CCCCCCCC)OC(=O)CCCCCCCCC/C=C\CCCCCCCC. The molecule has 6 nitrogen and oxygen atoms in total. The molecule has 0 aliphatic heterocycles. The first-order valence-corrected chi connectivity index (χ1v) is 31.4. The van der Waals surface area contributed by atoms with Gasteiger partial charge < -0.3 is 14.2 Å². The topological polar surface area (TPSA) is 78.9 Å². The van der Waals surface area contributed by atoms with Crippen molar-refractivity contribution in [2.75, 3.05) is 13.2 Å². The maximum atomic E-state index is 12.9. The first kappa shape index (κ1) is 69.8. The molecule has 0 aliphatic rings. The van der Waals surface area contributed by atoms with Gasteiger partial charge in [-0.1, -0.05) is 261 Å². The molecule has 0 aromatic heterocycles. The van der Waals surface area contributed by atoms with Crippen molar-refractivity contribution in [2.45, 2.75) is 322 Å². The molecule has 0 bridgehead atoms. The lowest BCUT2D eigenvalue weighted by atomic mass is 10.0. The number of unbranched alkanes of at least 4 members (excludes halogenated alkanes) is 34. The molecule has 0 heterocycles. The maximum Gasteiger partial charge on any atom is 0.306 e. The number of hydrogen-bond acceptors (Lipinski definition) is 6. The Balaban J connectivity index is 4.42. The van der Waals surface area contributed by atoms with Gasteiger partial charge in [0.2, 0.25) is 0 Å². The number of allylic oxidation sites excluding steroid dienone is 12. The van der Waals surface area contributed by atoms with Gasteiger partial charge in [-0.15, -0.1) is 0 Å². The van der Waals surface area contributed by atoms with Crippen molar-refractivity contribution < 1.29 is 28.6 Å². The molecule has 0 unspecified atom stereocenters. The summed E-state index contributed by atoms with van der Waals surface area (Å²) in [5.41, 5.74) is 0. The van der Waals surface area contributed by atoms with Gasteiger partial charge in [-0.3, -0.25) is 14.4 Å². The monoisotopic (exact) mass is 1020 g/mol. The number of carbonyl (C=O) groups excluding carboxylic acids is 3. The van der Waals surface area contributed by atoms with Crippen molar-refractivity contribution in [2.24, 2.45) is 0 Å². The van der Waals surface area contributed by atoms with Gasteiger partial charge in [-0.25, -0.2) is 0 Å². The van der Waals surface area contributed by atoms with Crippen LogP contribution in [0.2, 0.25) is 0 Å². The molecular formula is C67H118O6. The molecule has 0 aromatic carbocycles. The van der Waals surface area contributed by atoms with Gasteiger partial charge in [0.25, 0.3) is 0 Å². The quantitative estimate of drug-likeness (QED) is 0.0261. The van der Waals surface area contributed by atoms with E-state index in [0.29, 0.717) is 19.3 Å². The van der Waals surface area contributed by atoms with Crippen molar-refractivity contribution in [3.63, 3.8) is 0 Å². The Hall–Kier alpha value is -3.15. The molecule has 0 spiro atoms. The van der Waals surface area contributed by atoms with E-state index in [-0.39, 0.29) is 37.5 Å². The maximum absolute atomic E-state index is 12.9. The Labute approximate surface area is 453 Å². The molecule has 422 valence electrons. The second kappa shape index (κ2) is 61.4. The van der Waals surface area contributed by atoms with Crippen molar-refractivity contribution in [3.8, 4) is 0 Å². The second-order valence-electron chi connectivity index (χ2n) is 21.0. The molecule has 0 saturated carbocycles. The second-order valence-corrected chi connectivity index (χ2v) is 21.0. The average Bonchev–Trinajstić information content (AvgIpc) is 3.39. The minimum Gasteiger partial charge on any atom is -0.462 e. The predicted molar refractivity (Wildman–Crippen MR) is 316 cm³/mol. The first-order chi connectivity index (χ1) is 36.0. The van der Waals surface area contributed by atoms with Crippen molar-refractivity contribution in [1.29, 1.82) is 0 Å². The lowest BCUT2D eigenvalue weighted by Gasteiger charge is -2.18. The van der Waals surface area contributed by atoms with Gasteiger partial charge in [-0.05, 0) is 109 Å². The Morgan fingerprint density at radius 3 is 0.863 bits per heavy atom. The van der Waals surface area contributed by atoms with Crippen LogP contribution in [-0.4, -0.2) is 37.2 Å². The van der Waals surface area contributed by atoms with E-state index in [1.165, 1.54) is 205 Å². The van der Waals surface area contributed by atoms with Crippen molar-refractivity contribution >= 4 is 17.9 Å². The van der Waals surface area contributed by atoms with E-state index in [4.69, 9.17) is 14.2 Å². The van der Waals surface area contributed by atoms with Gasteiger partial charge in [-0.2, -0.15) is 0 Å². The fraction of sp³-hybridized carbons (Fsp3) is 0.776. The normalized spacial score (nSPS) is 12.5. The minimum absolute atomic E-state index is 0.0930. The molecule has 0 saturated heterocycles. The van der Waals surface area contributed by atoms with E-state index in [0.717, 1.165) is 64.2 Å². The molecule has 6 heteroatoms. The lowest BCUT2D eigenvalue weighted by molar-refractivity contribution is -0.167. The standard InChI is InChI=1S/C67H118O6/c1-4-7-10-13-16-19-22-25-28-31-32-33-34-37-39-42-45-48-51-54-57-60-66(69)72-63-64(73-67(70)61-58-55-52-49-46-43-40-36-30-27-24-21-18-15-12-9-6-3)62-71-65(68)59-56-53-50-47-44-41-38-35-29-26-23-20-17-14-11-8-5-2/h17,20,25-30,38,41,47,50,64H,4-16,18-19,21-24,31-37,39-40,42-46,48-49,51-63H2,1-3H3/b20-17-,28-25-,29-26-,30-27-,41-38-,50-47-/t64-/m1/s1. The third-order valence-electron chi connectivity index (χ3n) is 13.7. The van der Waals surface area contributed by atoms with Crippen LogP contribution in [0.3, 0.4) is 0 Å². The van der Waals surface area contributed by atoms with E-state index in [9.17, 15) is 14.4 Å². The molecule has 0 fully saturated rings. The smallest absolute Gasteiger partial charge is 0.306 e. The van der Waals surface area contributed by atoms with E-state index in [2.05, 4.69) is 93.7 Å². The van der Waals surface area contributed by atoms with Crippen LogP contribution >= 0.6 is 0 Å². The molecular weight excluding hydrogens is 901 g/mol. The van der Waals surface area contributed by atoms with Gasteiger partial charge in [0, 0.05) is 19.3 Å². The van der Waals surface area contributed by atoms with Crippen LogP contribution in [0.1, 0.15) is 316 Å². The summed E-state index contributed by atoms with van der Waals surface area (Å²) in [5.74, 6) is -0.944. The highest BCUT2D eigenvalue weighted by Crippen LogP contribution is 2.16. The summed E-state index contributed by atoms with van der Waals surface area (Å²) in [6, 6.07) is 0. The van der Waals surface area contributed by atoms with Crippen molar-refractivity contribution in [3.05, 3.63) is 72.9 Å². The van der Waals surface area contributed by atoms with Crippen LogP contribution in [0.4, 0.5) is 0 Å². The average molecular weight is 1020 g/mol. The zero-order valence-electron chi connectivity index (χ0n) is 48.4. The molecule has 0 rings (SSSR count). The van der Waals surface area contributed by atoms with Gasteiger partial charge in [0.15, 0.2) is 6.10 Å². The van der Waals surface area contributed by atoms with Crippen LogP contribution in [0, 0.1) is 0 Å². The molecule has 0 aromatic rings. The highest BCUT2D eigenvalue weighted by molar-refractivity contribution is 5.71. The molecule has 1 atom stereocenters. The number of rotatable bonds is 57. The number of ether oxygens (including phenoxy) is 3. The van der Waals surface area contributed by atoms with Crippen LogP contribution in [0.25, 0.3) is 0 Å². The van der Waals surface area contributed by atoms with Gasteiger partial charge in [0.05, 0.1) is 0 Å². The summed E-state index contributed by atoms with van der Waals surface area (Å²) < 4.78 is 16.9. The highest BCUT2D eigenvalue weighted by Gasteiger charge is 2.19. The molecule has 0 radical (unpaired) electrons. The molecule has 0 amide bonds. The third-order valence-corrected chi connectivity index (χ3v) is 13.7. The van der Waals surface area contributed by atoms with Crippen molar-refractivity contribution in [1.82, 2.24) is 0 Å². The molecule has 0 N–H and O–H groups in total. The highest BCUT2D eigenvalue weighted by atomic mass is 16.6. The Morgan fingerprint density at radius 2 is 0.507 bits per heavy atom. The lowest BCUT2D eigenvalue weighted by Crippen LogP contribution is -2.30. The number of carbonyl (C=O) groups is 3. The van der Waals surface area contributed by atoms with Crippen LogP contribution < -0.4 is 0 Å². The Bertz CT molecular complexity index is 1360. The third kappa shape index (κ3) is 59.6. The van der Waals surface area contributed by atoms with Gasteiger partial charge in [0.1, 0.15) is 13.2 Å². The first-order valence-electron chi connectivity index (χ1n) is 31.4. The Kier molecular flexibility index (Phi) is 58.7. The summed E-state index contributed by atoms with van der Waals surface area (Å²) in [4.78, 5) is 38.3. The van der Waals surface area contributed by atoms with Crippen LogP contribution in [-0.2, 0) is 28.6 Å². The Morgan fingerprint density at radius 1 is 0.274 bits per heavy atom. The van der Waals surface area contributed by atoms with E-state index >= 15 is 0 Å². The summed E-state index contributed by atoms with van der Waals surface area (Å²) >= 11 is 0. The zero-order chi connectivity index (χ0) is 52.9. The van der Waals surface area contributed by atoms with Crippen LogP contribution in [0.5, 0.6) is 0 Å².